The number of nitrogens with zero attached hydrogens (tertiary/aromatic N) is 4. The van der Waals surface area contributed by atoms with Crippen LogP contribution in [0.1, 0.15) is 0 Å². The minimum absolute atomic E-state index is 1.03. The Balaban J connectivity index is 0.961. The van der Waals surface area contributed by atoms with E-state index in [1.165, 1.54) is 21.5 Å². The van der Waals surface area contributed by atoms with Gasteiger partial charge in [0.15, 0.2) is 0 Å². The molecule has 0 fully saturated rings. The zero-order valence-electron chi connectivity index (χ0n) is 38.3. The molecule has 0 aliphatic heterocycles. The normalized spacial score (nSPS) is 11.0. The van der Waals surface area contributed by atoms with E-state index >= 15 is 0 Å². The molecule has 0 amide bonds. The van der Waals surface area contributed by atoms with Crippen molar-refractivity contribution in [2.45, 2.75) is 0 Å². The van der Waals surface area contributed by atoms with Crippen LogP contribution in [-0.2, 0) is 0 Å². The van der Waals surface area contributed by atoms with Crippen LogP contribution in [0.2, 0.25) is 0 Å². The molecule has 12 aromatic rings. The molecular weight excluding hydrogens is 849 g/mol. The first-order valence-corrected chi connectivity index (χ1v) is 23.7. The predicted octanol–water partition coefficient (Wildman–Crippen LogP) is 18.6. The summed E-state index contributed by atoms with van der Waals surface area (Å²) in [5.41, 5.74) is 12.8. The predicted molar refractivity (Wildman–Crippen MR) is 295 cm³/mol. The van der Waals surface area contributed by atoms with E-state index < -0.39 is 0 Å². The topological polar surface area (TPSA) is 13.0 Å². The van der Waals surface area contributed by atoms with E-state index in [0.717, 1.165) is 79.0 Å². The van der Waals surface area contributed by atoms with Gasteiger partial charge in [-0.2, -0.15) is 0 Å². The minimum atomic E-state index is 1.03. The molecule has 0 unspecified atom stereocenters. The molecule has 4 heteroatoms. The third-order valence-electron chi connectivity index (χ3n) is 13.0. The van der Waals surface area contributed by atoms with Crippen molar-refractivity contribution in [3.8, 4) is 0 Å². The molecule has 0 aromatic heterocycles. The van der Waals surface area contributed by atoms with Crippen LogP contribution in [0, 0.1) is 12.1 Å². The second-order valence-electron chi connectivity index (χ2n) is 17.3. The van der Waals surface area contributed by atoms with Gasteiger partial charge in [0, 0.05) is 73.6 Å². The molecular formula is C66H46N4. The molecule has 12 aromatic carbocycles. The summed E-state index contributed by atoms with van der Waals surface area (Å²) in [6.07, 6.45) is 0. The minimum Gasteiger partial charge on any atom is -0.310 e. The molecule has 70 heavy (non-hydrogen) atoms. The van der Waals surface area contributed by atoms with Gasteiger partial charge in [-0.15, -0.1) is 0 Å². The molecule has 12 rings (SSSR count). The maximum absolute atomic E-state index is 3.26. The summed E-state index contributed by atoms with van der Waals surface area (Å²) in [5.74, 6) is 0. The van der Waals surface area contributed by atoms with E-state index in [2.05, 4.69) is 305 Å². The third kappa shape index (κ3) is 8.30. The van der Waals surface area contributed by atoms with E-state index in [1.54, 1.807) is 0 Å². The second-order valence-corrected chi connectivity index (χ2v) is 17.3. The summed E-state index contributed by atoms with van der Waals surface area (Å²) < 4.78 is 0. The lowest BCUT2D eigenvalue weighted by Gasteiger charge is -2.30. The van der Waals surface area contributed by atoms with Gasteiger partial charge in [0.2, 0.25) is 0 Å². The van der Waals surface area contributed by atoms with Gasteiger partial charge in [0.05, 0.1) is 0 Å². The first-order chi connectivity index (χ1) is 34.7. The summed E-state index contributed by atoms with van der Waals surface area (Å²) in [7, 11) is 0. The Labute approximate surface area is 409 Å². The molecule has 0 spiro atoms. The van der Waals surface area contributed by atoms with Gasteiger partial charge in [-0.25, -0.2) is 0 Å². The zero-order valence-corrected chi connectivity index (χ0v) is 38.3. The standard InChI is InChI=1S/C66H46N4/c1-4-22-55(23-5-1)68(64-31-28-49-16-10-13-19-52(49)46-64)61-40-34-58(35-41-61)67(59-36-42-62(43-37-59)69(56-24-6-2-7-25-56)65-32-29-50-17-11-14-20-53(50)47-65)60-38-44-63(45-39-60)70(57-26-8-3-9-27-57)66-33-30-51-18-12-15-21-54(51)48-66/h1-11,13-17,19-48H. The Morgan fingerprint density at radius 2 is 0.471 bits per heavy atom. The summed E-state index contributed by atoms with van der Waals surface area (Å²) in [5, 5.41) is 6.98. The van der Waals surface area contributed by atoms with Crippen molar-refractivity contribution in [2.24, 2.45) is 0 Å². The Bertz CT molecular complexity index is 3310. The van der Waals surface area contributed by atoms with Crippen molar-refractivity contribution >= 4 is 101 Å². The van der Waals surface area contributed by atoms with Gasteiger partial charge in [0.1, 0.15) is 0 Å². The summed E-state index contributed by atoms with van der Waals surface area (Å²) in [6, 6.07) is 106. The Morgan fingerprint density at radius 3 is 0.843 bits per heavy atom. The van der Waals surface area contributed by atoms with Crippen LogP contribution in [0.3, 0.4) is 0 Å². The molecule has 0 heterocycles. The van der Waals surface area contributed by atoms with Crippen LogP contribution in [0.15, 0.2) is 279 Å². The summed E-state index contributed by atoms with van der Waals surface area (Å²) >= 11 is 0. The Kier molecular flexibility index (Phi) is 11.1. The van der Waals surface area contributed by atoms with Gasteiger partial charge in [0.25, 0.3) is 0 Å². The quantitative estimate of drug-likeness (QED) is 0.121. The van der Waals surface area contributed by atoms with E-state index in [0.29, 0.717) is 0 Å². The van der Waals surface area contributed by atoms with Crippen molar-refractivity contribution in [1.82, 2.24) is 0 Å². The number of rotatable bonds is 12. The largest absolute Gasteiger partial charge is 0.310 e. The molecule has 0 N–H and O–H groups in total. The molecule has 4 nitrogen and oxygen atoms in total. The number of para-hydroxylation sites is 3. The molecule has 0 aliphatic carbocycles. The van der Waals surface area contributed by atoms with Gasteiger partial charge >= 0.3 is 0 Å². The lowest BCUT2D eigenvalue weighted by molar-refractivity contribution is 1.24. The fourth-order valence-corrected chi connectivity index (χ4v) is 9.60. The molecule has 0 saturated heterocycles. The maximum Gasteiger partial charge on any atom is 0.0468 e. The van der Waals surface area contributed by atoms with Crippen LogP contribution in [-0.4, -0.2) is 0 Å². The van der Waals surface area contributed by atoms with Crippen molar-refractivity contribution < 1.29 is 0 Å². The van der Waals surface area contributed by atoms with Crippen LogP contribution >= 0.6 is 0 Å². The van der Waals surface area contributed by atoms with Crippen molar-refractivity contribution in [2.75, 3.05) is 19.6 Å². The van der Waals surface area contributed by atoms with Crippen LogP contribution in [0.5, 0.6) is 0 Å². The average molecular weight is 895 g/mol. The average Bonchev–Trinajstić information content (AvgIpc) is 3.43. The fraction of sp³-hybridized carbons (Fsp3) is 0. The van der Waals surface area contributed by atoms with Crippen LogP contribution in [0.25, 0.3) is 32.3 Å². The Hall–Kier alpha value is -9.56. The molecule has 330 valence electrons. The fourth-order valence-electron chi connectivity index (χ4n) is 9.60. The van der Waals surface area contributed by atoms with Gasteiger partial charge in [-0.05, 0) is 191 Å². The molecule has 0 atom stereocenters. The summed E-state index contributed by atoms with van der Waals surface area (Å²) in [4.78, 5) is 9.31. The first kappa shape index (κ1) is 41.8. The zero-order chi connectivity index (χ0) is 46.6. The SMILES string of the molecule is c1ccc2cc(N(c3ccccc3)c3ccc(N(c4ccc(N(c5ccccc5)c5ccc6ccccc6c5)cc4)c4ccc(N(c5ccccc5)c5ccc6ccccc6c5)cc4)cc3)ccc2c#1. The third-order valence-corrected chi connectivity index (χ3v) is 13.0. The van der Waals surface area contributed by atoms with Crippen molar-refractivity contribution in [3.05, 3.63) is 291 Å². The highest BCUT2D eigenvalue weighted by atomic mass is 15.2. The lowest BCUT2D eigenvalue weighted by atomic mass is 10.1. The smallest absolute Gasteiger partial charge is 0.0468 e. The lowest BCUT2D eigenvalue weighted by Crippen LogP contribution is -2.14. The van der Waals surface area contributed by atoms with Gasteiger partial charge in [-0.1, -0.05) is 127 Å². The first-order valence-electron chi connectivity index (χ1n) is 23.7. The number of hydrogen-bond acceptors (Lipinski definition) is 4. The van der Waals surface area contributed by atoms with Gasteiger partial charge in [-0.3, -0.25) is 0 Å². The van der Waals surface area contributed by atoms with Crippen LogP contribution in [0.4, 0.5) is 68.2 Å². The molecule has 0 bridgehead atoms. The Morgan fingerprint density at radius 1 is 0.200 bits per heavy atom. The maximum atomic E-state index is 3.26. The molecule has 0 saturated carbocycles. The number of fused-ring (bicyclic) bond motifs is 3. The second kappa shape index (κ2) is 18.6. The molecule has 0 radical (unpaired) electrons. The van der Waals surface area contributed by atoms with E-state index in [-0.39, 0.29) is 0 Å². The van der Waals surface area contributed by atoms with Crippen molar-refractivity contribution in [3.63, 3.8) is 0 Å². The highest BCUT2D eigenvalue weighted by Gasteiger charge is 2.20. The molecule has 0 aliphatic rings. The number of anilines is 12. The van der Waals surface area contributed by atoms with E-state index in [9.17, 15) is 0 Å². The number of benzene rings is 11. The van der Waals surface area contributed by atoms with Gasteiger partial charge < -0.3 is 19.6 Å². The van der Waals surface area contributed by atoms with Crippen molar-refractivity contribution in [1.29, 1.82) is 0 Å². The van der Waals surface area contributed by atoms with E-state index in [4.69, 9.17) is 0 Å². The van der Waals surface area contributed by atoms with E-state index in [1.807, 2.05) is 6.07 Å². The highest BCUT2D eigenvalue weighted by molar-refractivity contribution is 5.93. The number of hydrogen-bond donors (Lipinski definition) is 0. The van der Waals surface area contributed by atoms with Crippen LogP contribution < -0.4 is 19.6 Å². The monoisotopic (exact) mass is 894 g/mol. The summed E-state index contributed by atoms with van der Waals surface area (Å²) in [6.45, 7) is 0. The highest BCUT2D eigenvalue weighted by Crippen LogP contribution is 2.44.